The second-order valence-corrected chi connectivity index (χ2v) is 4.28. The molecule has 0 bridgehead atoms. The largest absolute Gasteiger partial charge is 0.275 e. The fourth-order valence-electron chi connectivity index (χ4n) is 1.77. The molecule has 0 N–H and O–H groups in total. The minimum atomic E-state index is 0.153. The van der Waals surface area contributed by atoms with Crippen molar-refractivity contribution in [3.05, 3.63) is 77.9 Å². The molecule has 17 heavy (non-hydrogen) atoms. The van der Waals surface area contributed by atoms with Crippen LogP contribution in [0.15, 0.2) is 66.7 Å². The van der Waals surface area contributed by atoms with Crippen LogP contribution >= 0.6 is 8.46 Å². The number of hydrogen-bond donors (Lipinski definition) is 0. The molecule has 0 heterocycles. The summed E-state index contributed by atoms with van der Waals surface area (Å²) in [4.78, 5) is 0. The molecule has 0 aliphatic rings. The second-order valence-electron chi connectivity index (χ2n) is 3.66. The van der Waals surface area contributed by atoms with Crippen LogP contribution in [0.3, 0.4) is 0 Å². The molecule has 0 aromatic heterocycles. The average Bonchev–Trinajstić information content (AvgIpc) is 2.42. The van der Waals surface area contributed by atoms with E-state index in [9.17, 15) is 4.57 Å². The number of hydrogen-bond acceptors (Lipinski definition) is 1. The lowest BCUT2D eigenvalue weighted by Crippen LogP contribution is -1.87. The monoisotopic (exact) mass is 240 g/mol. The molecule has 2 aromatic carbocycles. The molecule has 0 aliphatic carbocycles. The third-order valence-corrected chi connectivity index (χ3v) is 2.87. The maximum absolute atomic E-state index is 10.6. The summed E-state index contributed by atoms with van der Waals surface area (Å²) in [6, 6.07) is 20.3. The van der Waals surface area contributed by atoms with E-state index in [0.717, 1.165) is 16.7 Å². The SMILES string of the molecule is O=PCC=C(c1ccccc1)c1ccccc1. The Labute approximate surface area is 103 Å². The number of benzene rings is 2. The highest BCUT2D eigenvalue weighted by atomic mass is 31.1. The summed E-state index contributed by atoms with van der Waals surface area (Å²) in [5.74, 6) is 0. The van der Waals surface area contributed by atoms with Crippen molar-refractivity contribution in [3.8, 4) is 0 Å². The standard InChI is InChI=1S/C15H13OP/c16-17-12-11-15(13-7-3-1-4-8-13)14-9-5-2-6-10-14/h1-11H,12H2. The maximum atomic E-state index is 10.6. The van der Waals surface area contributed by atoms with Crippen LogP contribution < -0.4 is 0 Å². The molecule has 2 heteroatoms. The summed E-state index contributed by atoms with van der Waals surface area (Å²) >= 11 is 0. The van der Waals surface area contributed by atoms with Crippen LogP contribution in [0.4, 0.5) is 0 Å². The molecule has 1 nitrogen and oxygen atoms in total. The normalized spacial score (nSPS) is 10.1. The van der Waals surface area contributed by atoms with Crippen molar-refractivity contribution in [1.82, 2.24) is 0 Å². The molecular formula is C15H13OP. The van der Waals surface area contributed by atoms with E-state index >= 15 is 0 Å². The molecule has 0 saturated carbocycles. The van der Waals surface area contributed by atoms with Gasteiger partial charge in [-0.2, -0.15) is 0 Å². The van der Waals surface area contributed by atoms with E-state index in [1.807, 2.05) is 42.5 Å². The van der Waals surface area contributed by atoms with Crippen molar-refractivity contribution in [2.45, 2.75) is 0 Å². The van der Waals surface area contributed by atoms with Gasteiger partial charge in [-0.15, -0.1) is 0 Å². The van der Waals surface area contributed by atoms with Crippen LogP contribution in [0.25, 0.3) is 5.57 Å². The molecule has 0 amide bonds. The minimum absolute atomic E-state index is 0.153. The fraction of sp³-hybridized carbons (Fsp3) is 0.0667. The molecule has 2 rings (SSSR count). The van der Waals surface area contributed by atoms with Gasteiger partial charge < -0.3 is 0 Å². The number of rotatable bonds is 4. The van der Waals surface area contributed by atoms with Gasteiger partial charge in [0.25, 0.3) is 0 Å². The van der Waals surface area contributed by atoms with Gasteiger partial charge in [0, 0.05) is 6.16 Å². The van der Waals surface area contributed by atoms with Gasteiger partial charge in [0.1, 0.15) is 0 Å². The second kappa shape index (κ2) is 6.12. The van der Waals surface area contributed by atoms with E-state index in [1.165, 1.54) is 0 Å². The molecule has 0 spiro atoms. The first-order chi connectivity index (χ1) is 8.42. The van der Waals surface area contributed by atoms with Crippen molar-refractivity contribution >= 4 is 14.0 Å². The van der Waals surface area contributed by atoms with E-state index in [-0.39, 0.29) is 8.46 Å². The van der Waals surface area contributed by atoms with Crippen LogP contribution in [0.5, 0.6) is 0 Å². The molecule has 0 aliphatic heterocycles. The third-order valence-electron chi connectivity index (χ3n) is 2.54. The topological polar surface area (TPSA) is 17.1 Å². The molecule has 0 radical (unpaired) electrons. The molecule has 84 valence electrons. The Bertz CT molecular complexity index is 461. The molecular weight excluding hydrogens is 227 g/mol. The number of allylic oxidation sites excluding steroid dienone is 1. The Kier molecular flexibility index (Phi) is 4.23. The van der Waals surface area contributed by atoms with Crippen LogP contribution in [-0.4, -0.2) is 6.16 Å². The van der Waals surface area contributed by atoms with E-state index in [1.54, 1.807) is 0 Å². The van der Waals surface area contributed by atoms with Gasteiger partial charge in [0.05, 0.1) is 0 Å². The van der Waals surface area contributed by atoms with Gasteiger partial charge >= 0.3 is 0 Å². The smallest absolute Gasteiger partial charge is 0.159 e. The quantitative estimate of drug-likeness (QED) is 0.723. The Morgan fingerprint density at radius 3 is 1.76 bits per heavy atom. The Hall–Kier alpha value is -1.72. The van der Waals surface area contributed by atoms with Crippen molar-refractivity contribution < 1.29 is 4.57 Å². The van der Waals surface area contributed by atoms with Crippen molar-refractivity contribution in [2.75, 3.05) is 6.16 Å². The maximum Gasteiger partial charge on any atom is 0.159 e. The van der Waals surface area contributed by atoms with E-state index in [4.69, 9.17) is 0 Å². The zero-order valence-electron chi connectivity index (χ0n) is 9.41. The van der Waals surface area contributed by atoms with E-state index in [0.29, 0.717) is 6.16 Å². The first-order valence-electron chi connectivity index (χ1n) is 5.52. The predicted molar refractivity (Wildman–Crippen MR) is 72.4 cm³/mol. The Morgan fingerprint density at radius 2 is 1.35 bits per heavy atom. The summed E-state index contributed by atoms with van der Waals surface area (Å²) in [6.45, 7) is 0. The van der Waals surface area contributed by atoms with Crippen molar-refractivity contribution in [1.29, 1.82) is 0 Å². The average molecular weight is 240 g/mol. The lowest BCUT2D eigenvalue weighted by molar-refractivity contribution is 0.600. The van der Waals surface area contributed by atoms with Crippen molar-refractivity contribution in [3.63, 3.8) is 0 Å². The van der Waals surface area contributed by atoms with Gasteiger partial charge in [0.2, 0.25) is 0 Å². The summed E-state index contributed by atoms with van der Waals surface area (Å²) in [6.07, 6.45) is 2.55. The van der Waals surface area contributed by atoms with Crippen LogP contribution in [0.1, 0.15) is 11.1 Å². The molecule has 0 atom stereocenters. The fourth-order valence-corrected chi connectivity index (χ4v) is 2.02. The minimum Gasteiger partial charge on any atom is -0.275 e. The first-order valence-corrected chi connectivity index (χ1v) is 6.51. The summed E-state index contributed by atoms with van der Waals surface area (Å²) in [5.41, 5.74) is 3.44. The molecule has 0 unspecified atom stereocenters. The highest BCUT2D eigenvalue weighted by Crippen LogP contribution is 2.23. The van der Waals surface area contributed by atoms with Crippen LogP contribution in [0.2, 0.25) is 0 Å². The van der Waals surface area contributed by atoms with Gasteiger partial charge in [0.15, 0.2) is 8.46 Å². The van der Waals surface area contributed by atoms with Gasteiger partial charge in [-0.25, -0.2) is 0 Å². The van der Waals surface area contributed by atoms with Crippen LogP contribution in [0, 0.1) is 0 Å². The first kappa shape index (κ1) is 11.8. The molecule has 2 aromatic rings. The van der Waals surface area contributed by atoms with E-state index in [2.05, 4.69) is 24.3 Å². The van der Waals surface area contributed by atoms with Crippen molar-refractivity contribution in [2.24, 2.45) is 0 Å². The van der Waals surface area contributed by atoms with Gasteiger partial charge in [-0.05, 0) is 16.7 Å². The summed E-state index contributed by atoms with van der Waals surface area (Å²) in [7, 11) is 0.153. The third kappa shape index (κ3) is 3.12. The Balaban J connectivity index is 2.43. The van der Waals surface area contributed by atoms with Gasteiger partial charge in [-0.3, -0.25) is 4.57 Å². The highest BCUT2D eigenvalue weighted by Gasteiger charge is 2.03. The Morgan fingerprint density at radius 1 is 0.882 bits per heavy atom. The van der Waals surface area contributed by atoms with Gasteiger partial charge in [-0.1, -0.05) is 66.7 Å². The lowest BCUT2D eigenvalue weighted by Gasteiger charge is -2.07. The highest BCUT2D eigenvalue weighted by molar-refractivity contribution is 7.23. The predicted octanol–water partition coefficient (Wildman–Crippen LogP) is 4.41. The van der Waals surface area contributed by atoms with Crippen LogP contribution in [-0.2, 0) is 4.57 Å². The summed E-state index contributed by atoms with van der Waals surface area (Å²) < 4.78 is 10.6. The van der Waals surface area contributed by atoms with E-state index < -0.39 is 0 Å². The summed E-state index contributed by atoms with van der Waals surface area (Å²) in [5, 5.41) is 0. The molecule has 0 saturated heterocycles. The molecule has 0 fully saturated rings. The zero-order valence-corrected chi connectivity index (χ0v) is 10.3. The zero-order chi connectivity index (χ0) is 11.9. The lowest BCUT2D eigenvalue weighted by atomic mass is 9.98.